The van der Waals surface area contributed by atoms with Crippen molar-refractivity contribution in [3.8, 4) is 0 Å². The number of halogens is 1. The van der Waals surface area contributed by atoms with Gasteiger partial charge in [-0.05, 0) is 49.6 Å². The third-order valence-electron chi connectivity index (χ3n) is 5.49. The van der Waals surface area contributed by atoms with Crippen molar-refractivity contribution in [1.82, 2.24) is 9.21 Å². The number of carbonyl (C=O) groups excluding carboxylic acids is 2. The number of carbonyl (C=O) groups is 2. The normalized spacial score (nSPS) is 16.3. The molecule has 0 saturated carbocycles. The summed E-state index contributed by atoms with van der Waals surface area (Å²) in [6.07, 6.45) is -0.345. The Hall–Kier alpha value is -2.78. The van der Waals surface area contributed by atoms with E-state index in [-0.39, 0.29) is 30.3 Å². The van der Waals surface area contributed by atoms with E-state index in [1.54, 1.807) is 49.5 Å². The minimum absolute atomic E-state index is 0.189. The third kappa shape index (κ3) is 5.72. The number of nitrogens with zero attached hydrogens (tertiary/aromatic N) is 2. The van der Waals surface area contributed by atoms with E-state index in [2.05, 4.69) is 0 Å². The summed E-state index contributed by atoms with van der Waals surface area (Å²) < 4.78 is 45.5. The van der Waals surface area contributed by atoms with E-state index in [0.717, 1.165) is 0 Å². The zero-order valence-corrected chi connectivity index (χ0v) is 18.9. The van der Waals surface area contributed by atoms with E-state index in [4.69, 9.17) is 4.74 Å². The number of sulfonamides is 1. The molecule has 1 fully saturated rings. The lowest BCUT2D eigenvalue weighted by atomic mass is 9.98. The van der Waals surface area contributed by atoms with E-state index >= 15 is 0 Å². The van der Waals surface area contributed by atoms with Crippen molar-refractivity contribution in [3.05, 3.63) is 66.0 Å². The number of likely N-dealkylation sites (N-methyl/N-ethyl adjacent to an activating group) is 1. The standard InChI is InChI=1S/C23H27FN2O5S/c1-17(22(27)25(2)16-18-7-6-8-20(24)15-18)31-23(28)19-11-13-26(14-12-19)32(29,30)21-9-4-3-5-10-21/h3-10,15,17,19H,11-14,16H2,1-2H3/t17-/m1/s1. The maximum absolute atomic E-state index is 13.3. The summed E-state index contributed by atoms with van der Waals surface area (Å²) >= 11 is 0. The largest absolute Gasteiger partial charge is 0.452 e. The van der Waals surface area contributed by atoms with Crippen LogP contribution < -0.4 is 0 Å². The fourth-order valence-electron chi connectivity index (χ4n) is 3.69. The summed E-state index contributed by atoms with van der Waals surface area (Å²) in [5.74, 6) is -1.77. The Labute approximate surface area is 187 Å². The minimum atomic E-state index is -3.60. The summed E-state index contributed by atoms with van der Waals surface area (Å²) in [5, 5.41) is 0. The molecule has 0 aliphatic carbocycles. The van der Waals surface area contributed by atoms with Gasteiger partial charge in [0.1, 0.15) is 5.82 Å². The van der Waals surface area contributed by atoms with Crippen molar-refractivity contribution in [2.75, 3.05) is 20.1 Å². The van der Waals surface area contributed by atoms with Crippen molar-refractivity contribution < 1.29 is 27.1 Å². The quantitative estimate of drug-likeness (QED) is 0.591. The number of amides is 1. The molecule has 1 saturated heterocycles. The van der Waals surface area contributed by atoms with Gasteiger partial charge in [-0.1, -0.05) is 30.3 Å². The van der Waals surface area contributed by atoms with Crippen LogP contribution in [0.15, 0.2) is 59.5 Å². The van der Waals surface area contributed by atoms with Gasteiger partial charge in [0.05, 0.1) is 10.8 Å². The number of hydrogen-bond donors (Lipinski definition) is 0. The molecule has 1 amide bonds. The van der Waals surface area contributed by atoms with Crippen LogP contribution in [0.4, 0.5) is 4.39 Å². The fourth-order valence-corrected chi connectivity index (χ4v) is 5.18. The zero-order valence-electron chi connectivity index (χ0n) is 18.1. The molecule has 172 valence electrons. The van der Waals surface area contributed by atoms with E-state index in [1.165, 1.54) is 28.3 Å². The molecule has 32 heavy (non-hydrogen) atoms. The molecule has 1 atom stereocenters. The first-order chi connectivity index (χ1) is 15.2. The van der Waals surface area contributed by atoms with Crippen molar-refractivity contribution >= 4 is 21.9 Å². The lowest BCUT2D eigenvalue weighted by Crippen LogP contribution is -2.42. The zero-order chi connectivity index (χ0) is 23.3. The Morgan fingerprint density at radius 3 is 2.41 bits per heavy atom. The first-order valence-corrected chi connectivity index (χ1v) is 11.9. The third-order valence-corrected chi connectivity index (χ3v) is 7.41. The molecule has 1 heterocycles. The highest BCUT2D eigenvalue weighted by atomic mass is 32.2. The van der Waals surface area contributed by atoms with Crippen LogP contribution in [0.1, 0.15) is 25.3 Å². The van der Waals surface area contributed by atoms with Crippen molar-refractivity contribution in [2.24, 2.45) is 5.92 Å². The predicted octanol–water partition coefficient (Wildman–Crippen LogP) is 2.82. The van der Waals surface area contributed by atoms with Gasteiger partial charge in [0.25, 0.3) is 5.91 Å². The second-order valence-corrected chi connectivity index (χ2v) is 9.83. The van der Waals surface area contributed by atoms with E-state index in [9.17, 15) is 22.4 Å². The van der Waals surface area contributed by atoms with E-state index < -0.39 is 33.9 Å². The molecule has 1 aliphatic heterocycles. The summed E-state index contributed by atoms with van der Waals surface area (Å²) in [7, 11) is -2.04. The van der Waals surface area contributed by atoms with Crippen LogP contribution in [-0.4, -0.2) is 55.7 Å². The van der Waals surface area contributed by atoms with Gasteiger partial charge < -0.3 is 9.64 Å². The maximum atomic E-state index is 13.3. The number of esters is 1. The summed E-state index contributed by atoms with van der Waals surface area (Å²) in [4.78, 5) is 26.7. The van der Waals surface area contributed by atoms with Gasteiger partial charge in [-0.15, -0.1) is 0 Å². The molecule has 3 rings (SSSR count). The van der Waals surface area contributed by atoms with Crippen LogP contribution in [0.2, 0.25) is 0 Å². The molecule has 2 aromatic carbocycles. The molecule has 0 bridgehead atoms. The number of hydrogen-bond acceptors (Lipinski definition) is 5. The topological polar surface area (TPSA) is 84.0 Å². The second-order valence-electron chi connectivity index (χ2n) is 7.89. The first kappa shape index (κ1) is 23.9. The number of benzene rings is 2. The maximum Gasteiger partial charge on any atom is 0.309 e. The van der Waals surface area contributed by atoms with E-state index in [0.29, 0.717) is 18.4 Å². The van der Waals surface area contributed by atoms with Crippen LogP contribution in [0, 0.1) is 11.7 Å². The fraction of sp³-hybridized carbons (Fsp3) is 0.391. The van der Waals surface area contributed by atoms with Crippen LogP contribution in [0.25, 0.3) is 0 Å². The monoisotopic (exact) mass is 462 g/mol. The van der Waals surface area contributed by atoms with Gasteiger partial charge in [-0.25, -0.2) is 12.8 Å². The highest BCUT2D eigenvalue weighted by Crippen LogP contribution is 2.25. The molecule has 0 spiro atoms. The Morgan fingerprint density at radius 2 is 1.78 bits per heavy atom. The second kappa shape index (κ2) is 10.2. The van der Waals surface area contributed by atoms with Gasteiger partial charge in [0.15, 0.2) is 6.10 Å². The predicted molar refractivity (Wildman–Crippen MR) is 116 cm³/mol. The Morgan fingerprint density at radius 1 is 1.12 bits per heavy atom. The van der Waals surface area contributed by atoms with Crippen LogP contribution in [0.5, 0.6) is 0 Å². The van der Waals surface area contributed by atoms with Gasteiger partial charge in [0, 0.05) is 26.7 Å². The summed E-state index contributed by atoms with van der Waals surface area (Å²) in [6, 6.07) is 14.1. The molecule has 2 aromatic rings. The Kier molecular flexibility index (Phi) is 7.63. The van der Waals surface area contributed by atoms with Gasteiger partial charge in [-0.2, -0.15) is 4.31 Å². The van der Waals surface area contributed by atoms with Crippen molar-refractivity contribution in [1.29, 1.82) is 0 Å². The van der Waals surface area contributed by atoms with Crippen molar-refractivity contribution in [3.63, 3.8) is 0 Å². The van der Waals surface area contributed by atoms with Crippen LogP contribution >= 0.6 is 0 Å². The Balaban J connectivity index is 1.51. The molecular formula is C23H27FN2O5S. The molecule has 0 N–H and O–H groups in total. The SMILES string of the molecule is C[C@@H](OC(=O)C1CCN(S(=O)(=O)c2ccccc2)CC1)C(=O)N(C)Cc1cccc(F)c1. The van der Waals surface area contributed by atoms with Crippen LogP contribution in [0.3, 0.4) is 0 Å². The Bertz CT molecular complexity index is 1050. The molecule has 0 unspecified atom stereocenters. The molecule has 0 radical (unpaired) electrons. The highest BCUT2D eigenvalue weighted by molar-refractivity contribution is 7.89. The van der Waals surface area contributed by atoms with Gasteiger partial charge in [0.2, 0.25) is 10.0 Å². The average molecular weight is 463 g/mol. The minimum Gasteiger partial charge on any atom is -0.452 e. The smallest absolute Gasteiger partial charge is 0.309 e. The highest BCUT2D eigenvalue weighted by Gasteiger charge is 2.34. The molecule has 1 aliphatic rings. The van der Waals surface area contributed by atoms with Crippen LogP contribution in [-0.2, 0) is 30.9 Å². The summed E-state index contributed by atoms with van der Waals surface area (Å²) in [5.41, 5.74) is 0.631. The number of ether oxygens (including phenoxy) is 1. The lowest BCUT2D eigenvalue weighted by molar-refractivity contribution is -0.163. The molecule has 9 heteroatoms. The number of rotatable bonds is 7. The number of piperidine rings is 1. The first-order valence-electron chi connectivity index (χ1n) is 10.4. The van der Waals surface area contributed by atoms with Gasteiger partial charge >= 0.3 is 5.97 Å². The van der Waals surface area contributed by atoms with E-state index in [1.807, 2.05) is 0 Å². The van der Waals surface area contributed by atoms with Gasteiger partial charge in [-0.3, -0.25) is 9.59 Å². The summed E-state index contributed by atoms with van der Waals surface area (Å²) in [6.45, 7) is 2.10. The van der Waals surface area contributed by atoms with Crippen molar-refractivity contribution in [2.45, 2.75) is 37.3 Å². The lowest BCUT2D eigenvalue weighted by Gasteiger charge is -2.31. The molecule has 0 aromatic heterocycles. The molecular weight excluding hydrogens is 435 g/mol. The molecule has 7 nitrogen and oxygen atoms in total. The average Bonchev–Trinajstić information content (AvgIpc) is 2.79.